The molecule has 5 nitrogen and oxygen atoms in total. The number of hydrogen-bond acceptors (Lipinski definition) is 3. The van der Waals surface area contributed by atoms with Gasteiger partial charge in [-0.3, -0.25) is 9.59 Å². The molecule has 0 saturated heterocycles. The van der Waals surface area contributed by atoms with Crippen LogP contribution in [-0.2, 0) is 17.8 Å². The Hall–Kier alpha value is -4.12. The second-order valence-corrected chi connectivity index (χ2v) is 7.15. The molecule has 0 saturated carbocycles. The summed E-state index contributed by atoms with van der Waals surface area (Å²) in [4.78, 5) is 24.5. The zero-order valence-corrected chi connectivity index (χ0v) is 16.9. The summed E-state index contributed by atoms with van der Waals surface area (Å²) in [6.07, 6.45) is 1.76. The van der Waals surface area contributed by atoms with Crippen molar-refractivity contribution in [3.05, 3.63) is 114 Å². The van der Waals surface area contributed by atoms with Crippen LogP contribution < -0.4 is 10.6 Å². The molecule has 4 aromatic rings. The molecule has 3 aromatic carbocycles. The summed E-state index contributed by atoms with van der Waals surface area (Å²) in [6, 6.07) is 28.8. The third kappa shape index (κ3) is 5.48. The first-order chi connectivity index (χ1) is 15.2. The van der Waals surface area contributed by atoms with E-state index in [0.29, 0.717) is 18.7 Å². The Bertz CT molecular complexity index is 1150. The van der Waals surface area contributed by atoms with Crippen LogP contribution in [0.5, 0.6) is 0 Å². The van der Waals surface area contributed by atoms with Crippen molar-refractivity contribution >= 4 is 17.5 Å². The molecule has 0 atom stereocenters. The van der Waals surface area contributed by atoms with Gasteiger partial charge in [0, 0.05) is 12.2 Å². The fourth-order valence-electron chi connectivity index (χ4n) is 3.25. The van der Waals surface area contributed by atoms with Crippen molar-refractivity contribution in [2.75, 3.05) is 5.32 Å². The lowest BCUT2D eigenvalue weighted by Crippen LogP contribution is -2.24. The van der Waals surface area contributed by atoms with Gasteiger partial charge in [-0.25, -0.2) is 0 Å². The van der Waals surface area contributed by atoms with E-state index >= 15 is 0 Å². The van der Waals surface area contributed by atoms with Gasteiger partial charge in [0.05, 0.1) is 12.7 Å². The molecule has 0 aliphatic heterocycles. The molecule has 4 rings (SSSR count). The summed E-state index contributed by atoms with van der Waals surface area (Å²) in [6.45, 7) is 0.380. The zero-order chi connectivity index (χ0) is 21.5. The lowest BCUT2D eigenvalue weighted by atomic mass is 10.0. The number of nitrogens with one attached hydrogen (secondary N) is 2. The van der Waals surface area contributed by atoms with Gasteiger partial charge in [-0.2, -0.15) is 0 Å². The molecule has 1 heterocycles. The molecular formula is C26H22N2O3. The quantitative estimate of drug-likeness (QED) is 0.447. The molecule has 2 amide bonds. The number of amides is 2. The average Bonchev–Trinajstić information content (AvgIpc) is 3.34. The Labute approximate surface area is 180 Å². The minimum atomic E-state index is -0.315. The van der Waals surface area contributed by atoms with Gasteiger partial charge < -0.3 is 15.1 Å². The van der Waals surface area contributed by atoms with Gasteiger partial charge >= 0.3 is 0 Å². The second kappa shape index (κ2) is 9.59. The van der Waals surface area contributed by atoms with Gasteiger partial charge in [-0.05, 0) is 46.5 Å². The first-order valence-electron chi connectivity index (χ1n) is 10.0. The SMILES string of the molecule is O=C(Cc1ccc(-c2ccccc2)cc1)NCc1cccc(NC(=O)c2ccco2)c1. The highest BCUT2D eigenvalue weighted by molar-refractivity contribution is 6.02. The van der Waals surface area contributed by atoms with Crippen molar-refractivity contribution in [1.82, 2.24) is 5.32 Å². The fraction of sp³-hybridized carbons (Fsp3) is 0.0769. The highest BCUT2D eigenvalue weighted by atomic mass is 16.3. The van der Waals surface area contributed by atoms with Gasteiger partial charge in [0.25, 0.3) is 5.91 Å². The van der Waals surface area contributed by atoms with E-state index in [0.717, 1.165) is 22.3 Å². The molecule has 0 bridgehead atoms. The molecule has 0 unspecified atom stereocenters. The first kappa shape index (κ1) is 20.2. The van der Waals surface area contributed by atoms with Crippen molar-refractivity contribution in [3.63, 3.8) is 0 Å². The Morgan fingerprint density at radius 3 is 2.26 bits per heavy atom. The molecule has 31 heavy (non-hydrogen) atoms. The lowest BCUT2D eigenvalue weighted by Gasteiger charge is -2.09. The Morgan fingerprint density at radius 2 is 1.52 bits per heavy atom. The standard InChI is InChI=1S/C26H22N2O3/c29-25(17-19-11-13-22(14-12-19)21-7-2-1-3-8-21)27-18-20-6-4-9-23(16-20)28-26(30)24-10-5-15-31-24/h1-16H,17-18H2,(H,27,29)(H,28,30). The number of carbonyl (C=O) groups is 2. The molecule has 2 N–H and O–H groups in total. The Balaban J connectivity index is 1.30. The van der Waals surface area contributed by atoms with Gasteiger partial charge in [0.1, 0.15) is 0 Å². The highest BCUT2D eigenvalue weighted by Gasteiger charge is 2.09. The van der Waals surface area contributed by atoms with Gasteiger partial charge in [-0.15, -0.1) is 0 Å². The van der Waals surface area contributed by atoms with E-state index in [4.69, 9.17) is 4.42 Å². The highest BCUT2D eigenvalue weighted by Crippen LogP contribution is 2.19. The smallest absolute Gasteiger partial charge is 0.291 e. The van der Waals surface area contributed by atoms with Crippen LogP contribution in [0.2, 0.25) is 0 Å². The summed E-state index contributed by atoms with van der Waals surface area (Å²) in [5.74, 6) is -0.125. The van der Waals surface area contributed by atoms with Crippen LogP contribution in [0, 0.1) is 0 Å². The Kier molecular flexibility index (Phi) is 6.24. The van der Waals surface area contributed by atoms with Crippen molar-refractivity contribution in [2.45, 2.75) is 13.0 Å². The summed E-state index contributed by atoms with van der Waals surface area (Å²) in [7, 11) is 0. The number of hydrogen-bond donors (Lipinski definition) is 2. The van der Waals surface area contributed by atoms with Crippen LogP contribution >= 0.6 is 0 Å². The van der Waals surface area contributed by atoms with Crippen LogP contribution in [0.15, 0.2) is 102 Å². The maximum atomic E-state index is 12.4. The van der Waals surface area contributed by atoms with E-state index < -0.39 is 0 Å². The predicted octanol–water partition coefficient (Wildman–Crippen LogP) is 5.06. The van der Waals surface area contributed by atoms with Crippen LogP contribution in [0.1, 0.15) is 21.7 Å². The summed E-state index contributed by atoms with van der Waals surface area (Å²) >= 11 is 0. The van der Waals surface area contributed by atoms with Gasteiger partial charge in [0.15, 0.2) is 5.76 Å². The van der Waals surface area contributed by atoms with Gasteiger partial charge in [-0.1, -0.05) is 66.7 Å². The van der Waals surface area contributed by atoms with Crippen LogP contribution in [-0.4, -0.2) is 11.8 Å². The van der Waals surface area contributed by atoms with E-state index in [-0.39, 0.29) is 17.6 Å². The average molecular weight is 410 g/mol. The number of benzene rings is 3. The zero-order valence-electron chi connectivity index (χ0n) is 16.9. The number of carbonyl (C=O) groups excluding carboxylic acids is 2. The number of anilines is 1. The molecule has 0 aliphatic carbocycles. The molecule has 154 valence electrons. The topological polar surface area (TPSA) is 71.3 Å². The fourth-order valence-corrected chi connectivity index (χ4v) is 3.25. The minimum absolute atomic E-state index is 0.0579. The second-order valence-electron chi connectivity index (χ2n) is 7.15. The van der Waals surface area contributed by atoms with E-state index in [1.807, 2.05) is 60.7 Å². The summed E-state index contributed by atoms with van der Waals surface area (Å²) in [5.41, 5.74) is 4.77. The van der Waals surface area contributed by atoms with E-state index in [2.05, 4.69) is 22.8 Å². The van der Waals surface area contributed by atoms with E-state index in [1.54, 1.807) is 18.2 Å². The van der Waals surface area contributed by atoms with Crippen molar-refractivity contribution < 1.29 is 14.0 Å². The molecule has 0 radical (unpaired) electrons. The summed E-state index contributed by atoms with van der Waals surface area (Å²) < 4.78 is 5.10. The van der Waals surface area contributed by atoms with Crippen molar-refractivity contribution in [2.24, 2.45) is 0 Å². The third-order valence-corrected chi connectivity index (χ3v) is 4.85. The van der Waals surface area contributed by atoms with Crippen molar-refractivity contribution in [3.8, 4) is 11.1 Å². The van der Waals surface area contributed by atoms with Crippen LogP contribution in [0.4, 0.5) is 5.69 Å². The van der Waals surface area contributed by atoms with E-state index in [1.165, 1.54) is 6.26 Å². The molecular weight excluding hydrogens is 388 g/mol. The van der Waals surface area contributed by atoms with Crippen molar-refractivity contribution in [1.29, 1.82) is 0 Å². The minimum Gasteiger partial charge on any atom is -0.459 e. The molecule has 1 aromatic heterocycles. The first-order valence-corrected chi connectivity index (χ1v) is 10.0. The maximum Gasteiger partial charge on any atom is 0.291 e. The van der Waals surface area contributed by atoms with Crippen LogP contribution in [0.3, 0.4) is 0 Å². The monoisotopic (exact) mass is 410 g/mol. The largest absolute Gasteiger partial charge is 0.459 e. The molecule has 0 aliphatic rings. The predicted molar refractivity (Wildman–Crippen MR) is 121 cm³/mol. The molecule has 0 spiro atoms. The number of furan rings is 1. The third-order valence-electron chi connectivity index (χ3n) is 4.85. The Morgan fingerprint density at radius 1 is 0.742 bits per heavy atom. The molecule has 5 heteroatoms. The number of rotatable bonds is 7. The molecule has 0 fully saturated rings. The van der Waals surface area contributed by atoms with Gasteiger partial charge in [0.2, 0.25) is 5.91 Å². The normalized spacial score (nSPS) is 10.5. The summed E-state index contributed by atoms with van der Waals surface area (Å²) in [5, 5.41) is 5.72. The van der Waals surface area contributed by atoms with E-state index in [9.17, 15) is 9.59 Å². The maximum absolute atomic E-state index is 12.4. The van der Waals surface area contributed by atoms with Crippen LogP contribution in [0.25, 0.3) is 11.1 Å². The lowest BCUT2D eigenvalue weighted by molar-refractivity contribution is -0.120.